The van der Waals surface area contributed by atoms with Crippen LogP contribution in [0.4, 0.5) is 0 Å². The molecule has 1 aliphatic heterocycles. The monoisotopic (exact) mass is 240 g/mol. The van der Waals surface area contributed by atoms with Crippen LogP contribution in [0.5, 0.6) is 0 Å². The zero-order valence-electron chi connectivity index (χ0n) is 8.71. The Morgan fingerprint density at radius 1 is 1.07 bits per heavy atom. The summed E-state index contributed by atoms with van der Waals surface area (Å²) in [6, 6.07) is 10.6. The molecule has 0 saturated carbocycles. The summed E-state index contributed by atoms with van der Waals surface area (Å²) in [5.74, 6) is 0. The number of halogens is 1. The Morgan fingerprint density at radius 2 is 1.64 bits per heavy atom. The summed E-state index contributed by atoms with van der Waals surface area (Å²) in [7, 11) is -1.55. The van der Waals surface area contributed by atoms with Crippen molar-refractivity contribution in [3.05, 3.63) is 40.8 Å². The summed E-state index contributed by atoms with van der Waals surface area (Å²) in [5.41, 5.74) is 1.34. The van der Waals surface area contributed by atoms with Crippen molar-refractivity contribution in [2.24, 2.45) is 0 Å². The summed E-state index contributed by atoms with van der Waals surface area (Å²) in [4.78, 5) is 1.60. The van der Waals surface area contributed by atoms with E-state index in [1.807, 2.05) is 0 Å². The molecule has 0 radical (unpaired) electrons. The summed E-state index contributed by atoms with van der Waals surface area (Å²) >= 11 is 6.36. The molecule has 0 nitrogen and oxygen atoms in total. The van der Waals surface area contributed by atoms with Gasteiger partial charge in [-0.15, -0.1) is 0 Å². The van der Waals surface area contributed by atoms with Crippen LogP contribution >= 0.6 is 18.5 Å². The molecule has 74 valence electrons. The smallest absolute Gasteiger partial charge is 0.0810 e. The fourth-order valence-electron chi connectivity index (χ4n) is 1.64. The zero-order chi connectivity index (χ0) is 10.3. The van der Waals surface area contributed by atoms with Crippen molar-refractivity contribution in [1.82, 2.24) is 0 Å². The Kier molecular flexibility index (Phi) is 2.59. The van der Waals surface area contributed by atoms with Crippen LogP contribution in [0.2, 0.25) is 19.6 Å². The Balaban J connectivity index is 2.35. The quantitative estimate of drug-likeness (QED) is 0.510. The van der Waals surface area contributed by atoms with Crippen molar-refractivity contribution < 1.29 is 0 Å². The second kappa shape index (κ2) is 3.48. The highest BCUT2D eigenvalue weighted by Gasteiger charge is 2.43. The van der Waals surface area contributed by atoms with Crippen LogP contribution in [-0.2, 0) is 0 Å². The highest BCUT2D eigenvalue weighted by atomic mass is 35.7. The molecule has 3 heteroatoms. The Bertz CT molecular complexity index is 378. The van der Waals surface area contributed by atoms with Gasteiger partial charge in [-0.1, -0.05) is 61.2 Å². The second-order valence-corrected chi connectivity index (χ2v) is 12.5. The minimum absolute atomic E-state index is 0.394. The topological polar surface area (TPSA) is 0 Å². The normalized spacial score (nSPS) is 21.3. The van der Waals surface area contributed by atoms with Gasteiger partial charge in [0.25, 0.3) is 0 Å². The van der Waals surface area contributed by atoms with E-state index in [4.69, 9.17) is 11.2 Å². The Morgan fingerprint density at radius 3 is 2.07 bits per heavy atom. The van der Waals surface area contributed by atoms with Crippen LogP contribution in [-0.4, -0.2) is 8.07 Å². The number of rotatable bonds is 2. The highest BCUT2D eigenvalue weighted by Crippen LogP contribution is 2.79. The third-order valence-electron chi connectivity index (χ3n) is 2.32. The first-order valence-corrected chi connectivity index (χ1v) is 10.5. The molecular formula is C11H14ClPSi. The first-order valence-electron chi connectivity index (χ1n) is 4.78. The molecule has 1 heterocycles. The minimum Gasteiger partial charge on any atom is -0.0866 e. The lowest BCUT2D eigenvalue weighted by Gasteiger charge is -2.09. The molecule has 2 rings (SSSR count). The zero-order valence-corrected chi connectivity index (χ0v) is 11.4. The molecule has 1 aromatic carbocycles. The van der Waals surface area contributed by atoms with E-state index in [9.17, 15) is 0 Å². The van der Waals surface area contributed by atoms with Gasteiger partial charge in [-0.3, -0.25) is 0 Å². The fourth-order valence-corrected chi connectivity index (χ4v) is 10.6. The summed E-state index contributed by atoms with van der Waals surface area (Å²) in [6.45, 7) is 7.11. The van der Waals surface area contributed by atoms with E-state index in [0.717, 1.165) is 0 Å². The predicted molar refractivity (Wildman–Crippen MR) is 69.5 cm³/mol. The van der Waals surface area contributed by atoms with Crippen molar-refractivity contribution in [1.29, 1.82) is 0 Å². The molecule has 0 unspecified atom stereocenters. The van der Waals surface area contributed by atoms with Crippen molar-refractivity contribution in [2.75, 3.05) is 0 Å². The molecule has 0 amide bonds. The van der Waals surface area contributed by atoms with Gasteiger partial charge in [-0.2, -0.15) is 0 Å². The van der Waals surface area contributed by atoms with Crippen LogP contribution in [0.15, 0.2) is 35.3 Å². The Labute approximate surface area is 92.5 Å². The van der Waals surface area contributed by atoms with Gasteiger partial charge in [0.1, 0.15) is 0 Å². The maximum atomic E-state index is 6.36. The van der Waals surface area contributed by atoms with Crippen LogP contribution < -0.4 is 0 Å². The minimum atomic E-state index is -1.16. The van der Waals surface area contributed by atoms with Gasteiger partial charge in [-0.05, 0) is 10.5 Å². The number of hydrogen-bond acceptors (Lipinski definition) is 0. The van der Waals surface area contributed by atoms with Gasteiger partial charge in [-0.25, -0.2) is 0 Å². The average molecular weight is 241 g/mol. The van der Waals surface area contributed by atoms with E-state index in [-0.39, 0.29) is 0 Å². The fraction of sp³-hybridized carbons (Fsp3) is 0.273. The van der Waals surface area contributed by atoms with Gasteiger partial charge in [0.15, 0.2) is 0 Å². The molecule has 1 aromatic rings. The van der Waals surface area contributed by atoms with E-state index in [1.165, 1.54) is 10.9 Å². The van der Waals surface area contributed by atoms with Gasteiger partial charge in [0.2, 0.25) is 0 Å². The van der Waals surface area contributed by atoms with Gasteiger partial charge >= 0.3 is 0 Å². The van der Waals surface area contributed by atoms with E-state index >= 15 is 0 Å². The van der Waals surface area contributed by atoms with Gasteiger partial charge < -0.3 is 0 Å². The van der Waals surface area contributed by atoms with Crippen molar-refractivity contribution in [3.8, 4) is 0 Å². The lowest BCUT2D eigenvalue weighted by Crippen LogP contribution is -2.17. The largest absolute Gasteiger partial charge is 0.0866 e. The van der Waals surface area contributed by atoms with E-state index < -0.39 is 15.3 Å². The lowest BCUT2D eigenvalue weighted by atomic mass is 10.2. The lowest BCUT2D eigenvalue weighted by molar-refractivity contribution is 1.66. The van der Waals surface area contributed by atoms with E-state index in [0.29, 0.717) is 0 Å². The van der Waals surface area contributed by atoms with Crippen molar-refractivity contribution in [2.45, 2.75) is 19.6 Å². The van der Waals surface area contributed by atoms with Crippen LogP contribution in [0.3, 0.4) is 0 Å². The molecule has 0 aromatic heterocycles. The van der Waals surface area contributed by atoms with E-state index in [1.54, 1.807) is 4.94 Å². The molecule has 0 aliphatic carbocycles. The number of hydrogen-bond donors (Lipinski definition) is 0. The van der Waals surface area contributed by atoms with Crippen molar-refractivity contribution in [3.63, 3.8) is 0 Å². The first kappa shape index (κ1) is 10.4. The molecule has 0 spiro atoms. The molecule has 14 heavy (non-hydrogen) atoms. The molecule has 0 bridgehead atoms. The third-order valence-corrected chi connectivity index (χ3v) is 9.60. The molecule has 1 aliphatic rings. The van der Waals surface area contributed by atoms with Crippen LogP contribution in [0.25, 0.3) is 5.31 Å². The second-order valence-electron chi connectivity index (χ2n) is 4.59. The maximum Gasteiger partial charge on any atom is 0.0810 e. The first-order chi connectivity index (χ1) is 6.52. The van der Waals surface area contributed by atoms with Gasteiger partial charge in [0, 0.05) is 12.6 Å². The molecule has 0 saturated heterocycles. The van der Waals surface area contributed by atoms with Gasteiger partial charge in [0.05, 0.1) is 8.07 Å². The molecule has 0 N–H and O–H groups in total. The van der Waals surface area contributed by atoms with E-state index in [2.05, 4.69) is 50.0 Å². The molecule has 1 atom stereocenters. The summed E-state index contributed by atoms with van der Waals surface area (Å²) in [6.07, 6.45) is 0. The third kappa shape index (κ3) is 1.82. The highest BCUT2D eigenvalue weighted by molar-refractivity contribution is 8.04. The predicted octanol–water partition coefficient (Wildman–Crippen LogP) is 4.88. The van der Waals surface area contributed by atoms with Crippen molar-refractivity contribution >= 4 is 31.9 Å². The SMILES string of the molecule is C[Si](C)(C)C1=C(c2ccccc2)[P@@]1Cl. The maximum absolute atomic E-state index is 6.36. The Hall–Kier alpha value is -0.103. The number of benzene rings is 1. The summed E-state index contributed by atoms with van der Waals surface area (Å²) in [5, 5.41) is 1.46. The average Bonchev–Trinajstić information content (AvgIpc) is 2.78. The standard InChI is InChI=1S/C11H14ClPSi/c1-14(2,3)11-10(13(11)12)9-7-5-4-6-8-9/h4-8H,1-3H3/t13-/m1/s1. The molecule has 0 fully saturated rings. The van der Waals surface area contributed by atoms with Crippen LogP contribution in [0, 0.1) is 0 Å². The summed E-state index contributed by atoms with van der Waals surface area (Å²) < 4.78 is 0. The molecular weight excluding hydrogens is 227 g/mol. The van der Waals surface area contributed by atoms with Crippen LogP contribution in [0.1, 0.15) is 5.56 Å².